The predicted octanol–water partition coefficient (Wildman–Crippen LogP) is -0.301. The zero-order chi connectivity index (χ0) is 9.95. The molecule has 13 heavy (non-hydrogen) atoms. The van der Waals surface area contributed by atoms with Crippen molar-refractivity contribution in [3.63, 3.8) is 0 Å². The normalized spacial score (nSPS) is 40.6. The van der Waals surface area contributed by atoms with Gasteiger partial charge in [-0.05, 0) is 26.4 Å². The van der Waals surface area contributed by atoms with Crippen LogP contribution in [0.1, 0.15) is 32.6 Å². The lowest BCUT2D eigenvalue weighted by atomic mass is 9.79. The first-order valence-corrected chi connectivity index (χ1v) is 5.10. The third-order valence-corrected chi connectivity index (χ3v) is 3.13. The monoisotopic (exact) mass is 186 g/mol. The lowest BCUT2D eigenvalue weighted by Gasteiger charge is -2.49. The van der Waals surface area contributed by atoms with Gasteiger partial charge in [0, 0.05) is 0 Å². The largest absolute Gasteiger partial charge is 0.311 e. The molecule has 1 fully saturated rings. The molecule has 0 spiro atoms. The van der Waals surface area contributed by atoms with Crippen LogP contribution in [-0.4, -0.2) is 24.9 Å². The smallest absolute Gasteiger partial charge is 0.0983 e. The summed E-state index contributed by atoms with van der Waals surface area (Å²) in [5, 5.41) is 6.44. The Morgan fingerprint density at radius 1 is 1.15 bits per heavy atom. The van der Waals surface area contributed by atoms with Gasteiger partial charge in [0.15, 0.2) is 0 Å². The molecule has 0 aromatic rings. The highest BCUT2D eigenvalue weighted by Crippen LogP contribution is 2.29. The van der Waals surface area contributed by atoms with Crippen molar-refractivity contribution in [2.24, 2.45) is 11.5 Å². The van der Waals surface area contributed by atoms with Crippen molar-refractivity contribution in [1.29, 1.82) is 0 Å². The summed E-state index contributed by atoms with van der Waals surface area (Å²) < 4.78 is 0. The van der Waals surface area contributed by atoms with Gasteiger partial charge in [0.2, 0.25) is 0 Å². The molecule has 0 aliphatic heterocycles. The van der Waals surface area contributed by atoms with Gasteiger partial charge in [-0.3, -0.25) is 10.6 Å². The zero-order valence-electron chi connectivity index (χ0n) is 8.69. The highest BCUT2D eigenvalue weighted by atomic mass is 15.3. The molecule has 0 heterocycles. The maximum absolute atomic E-state index is 6.26. The number of hydrogen-bond acceptors (Lipinski definition) is 4. The van der Waals surface area contributed by atoms with Gasteiger partial charge >= 0.3 is 0 Å². The quantitative estimate of drug-likeness (QED) is 0.456. The van der Waals surface area contributed by atoms with E-state index in [2.05, 4.69) is 17.6 Å². The Kier molecular flexibility index (Phi) is 3.29. The lowest BCUT2D eigenvalue weighted by Crippen LogP contribution is -2.79. The summed E-state index contributed by atoms with van der Waals surface area (Å²) in [7, 11) is 1.88. The Bertz CT molecular complexity index is 169. The Morgan fingerprint density at radius 2 is 1.69 bits per heavy atom. The number of rotatable bonds is 3. The van der Waals surface area contributed by atoms with Gasteiger partial charge in [-0.1, -0.05) is 19.8 Å². The zero-order valence-corrected chi connectivity index (χ0v) is 8.69. The third kappa shape index (κ3) is 1.86. The second-order valence-corrected chi connectivity index (χ2v) is 3.93. The maximum Gasteiger partial charge on any atom is 0.0983 e. The predicted molar refractivity (Wildman–Crippen MR) is 55.0 cm³/mol. The van der Waals surface area contributed by atoms with Gasteiger partial charge in [-0.2, -0.15) is 0 Å². The number of likely N-dealkylation sites (N-methyl/N-ethyl adjacent to an activating group) is 2. The molecule has 0 aromatic heterocycles. The van der Waals surface area contributed by atoms with E-state index in [0.717, 1.165) is 32.2 Å². The fourth-order valence-corrected chi connectivity index (χ4v) is 2.16. The topological polar surface area (TPSA) is 76.1 Å². The third-order valence-electron chi connectivity index (χ3n) is 3.13. The minimum absolute atomic E-state index is 0.450. The summed E-state index contributed by atoms with van der Waals surface area (Å²) in [5.74, 6) is 0. The van der Waals surface area contributed by atoms with Crippen LogP contribution in [0.15, 0.2) is 0 Å². The Balaban J connectivity index is 2.76. The molecular formula is C9H22N4. The molecule has 0 radical (unpaired) electrons. The Labute approximate surface area is 80.4 Å². The van der Waals surface area contributed by atoms with Crippen LogP contribution in [-0.2, 0) is 0 Å². The molecule has 1 saturated carbocycles. The molecule has 1 rings (SSSR count). The summed E-state index contributed by atoms with van der Waals surface area (Å²) in [4.78, 5) is 0. The molecule has 0 amide bonds. The molecule has 2 unspecified atom stereocenters. The minimum atomic E-state index is -0.457. The van der Waals surface area contributed by atoms with E-state index in [9.17, 15) is 0 Å². The van der Waals surface area contributed by atoms with Crippen LogP contribution in [0.5, 0.6) is 0 Å². The number of hydrogen-bond donors (Lipinski definition) is 4. The van der Waals surface area contributed by atoms with Gasteiger partial charge in [-0.25, -0.2) is 0 Å². The molecule has 0 saturated heterocycles. The Hall–Kier alpha value is -0.160. The minimum Gasteiger partial charge on any atom is -0.311 e. The first-order chi connectivity index (χ1) is 6.08. The Morgan fingerprint density at radius 3 is 2.15 bits per heavy atom. The lowest BCUT2D eigenvalue weighted by molar-refractivity contribution is 0.0896. The fraction of sp³-hybridized carbons (Fsp3) is 1.00. The maximum atomic E-state index is 6.26. The fourth-order valence-electron chi connectivity index (χ4n) is 2.16. The SMILES string of the molecule is CCNC1(N)CCCCC1(N)NC. The second-order valence-electron chi connectivity index (χ2n) is 3.93. The van der Waals surface area contributed by atoms with Crippen molar-refractivity contribution in [3.05, 3.63) is 0 Å². The molecule has 4 heteroatoms. The highest BCUT2D eigenvalue weighted by Gasteiger charge is 2.46. The van der Waals surface area contributed by atoms with Crippen LogP contribution >= 0.6 is 0 Å². The highest BCUT2D eigenvalue weighted by molar-refractivity contribution is 5.05. The number of nitrogens with two attached hydrogens (primary N) is 2. The average molecular weight is 186 g/mol. The summed E-state index contributed by atoms with van der Waals surface area (Å²) in [6.07, 6.45) is 4.19. The van der Waals surface area contributed by atoms with E-state index in [1.807, 2.05) is 7.05 Å². The first kappa shape index (κ1) is 10.9. The van der Waals surface area contributed by atoms with Crippen LogP contribution in [0.4, 0.5) is 0 Å². The van der Waals surface area contributed by atoms with Crippen molar-refractivity contribution >= 4 is 0 Å². The van der Waals surface area contributed by atoms with Crippen LogP contribution in [0.2, 0.25) is 0 Å². The molecule has 4 nitrogen and oxygen atoms in total. The standard InChI is InChI=1S/C9H22N4/c1-3-13-9(11)7-5-4-6-8(9,10)12-2/h12-13H,3-7,10-11H2,1-2H3. The van der Waals surface area contributed by atoms with Crippen molar-refractivity contribution in [1.82, 2.24) is 10.6 Å². The summed E-state index contributed by atoms with van der Waals surface area (Å²) in [6.45, 7) is 2.91. The van der Waals surface area contributed by atoms with E-state index in [-0.39, 0.29) is 0 Å². The van der Waals surface area contributed by atoms with E-state index < -0.39 is 11.3 Å². The molecule has 2 atom stereocenters. The van der Waals surface area contributed by atoms with E-state index in [1.165, 1.54) is 0 Å². The van der Waals surface area contributed by atoms with E-state index in [1.54, 1.807) is 0 Å². The molecule has 1 aliphatic carbocycles. The van der Waals surface area contributed by atoms with E-state index in [4.69, 9.17) is 11.5 Å². The van der Waals surface area contributed by atoms with Crippen molar-refractivity contribution < 1.29 is 0 Å². The van der Waals surface area contributed by atoms with Crippen molar-refractivity contribution in [2.75, 3.05) is 13.6 Å². The van der Waals surface area contributed by atoms with Crippen LogP contribution in [0.3, 0.4) is 0 Å². The second kappa shape index (κ2) is 3.92. The molecule has 0 aromatic carbocycles. The summed E-state index contributed by atoms with van der Waals surface area (Å²) in [6, 6.07) is 0. The van der Waals surface area contributed by atoms with Gasteiger partial charge < -0.3 is 11.5 Å². The van der Waals surface area contributed by atoms with Gasteiger partial charge in [0.1, 0.15) is 0 Å². The molecule has 6 N–H and O–H groups in total. The van der Waals surface area contributed by atoms with Gasteiger partial charge in [0.05, 0.1) is 11.3 Å². The average Bonchev–Trinajstić information content (AvgIpc) is 2.11. The van der Waals surface area contributed by atoms with Crippen LogP contribution in [0.25, 0.3) is 0 Å². The van der Waals surface area contributed by atoms with Crippen molar-refractivity contribution in [2.45, 2.75) is 43.9 Å². The van der Waals surface area contributed by atoms with Crippen molar-refractivity contribution in [3.8, 4) is 0 Å². The summed E-state index contributed by atoms with van der Waals surface area (Å²) >= 11 is 0. The molecular weight excluding hydrogens is 164 g/mol. The van der Waals surface area contributed by atoms with E-state index in [0.29, 0.717) is 0 Å². The van der Waals surface area contributed by atoms with Gasteiger partial charge in [-0.15, -0.1) is 0 Å². The number of nitrogens with one attached hydrogen (secondary N) is 2. The molecule has 78 valence electrons. The van der Waals surface area contributed by atoms with Gasteiger partial charge in [0.25, 0.3) is 0 Å². The molecule has 0 bridgehead atoms. The van der Waals surface area contributed by atoms with E-state index >= 15 is 0 Å². The van der Waals surface area contributed by atoms with Crippen LogP contribution in [0, 0.1) is 0 Å². The molecule has 1 aliphatic rings. The van der Waals surface area contributed by atoms with Crippen LogP contribution < -0.4 is 22.1 Å². The summed E-state index contributed by atoms with van der Waals surface area (Å²) in [5.41, 5.74) is 11.6. The first-order valence-electron chi connectivity index (χ1n) is 5.10.